The van der Waals surface area contributed by atoms with Crippen LogP contribution in [0.15, 0.2) is 0 Å². The zero-order valence-electron chi connectivity index (χ0n) is 12.8. The number of ether oxygens (including phenoxy) is 2. The molecule has 0 aromatic heterocycles. The van der Waals surface area contributed by atoms with Crippen LogP contribution in [0.4, 0.5) is 0 Å². The minimum atomic E-state index is -1.36. The molecule has 3 atom stereocenters. The molecule has 7 nitrogen and oxygen atoms in total. The summed E-state index contributed by atoms with van der Waals surface area (Å²) in [5.74, 6) is -1.54. The van der Waals surface area contributed by atoms with Gasteiger partial charge >= 0.3 is 5.97 Å². The summed E-state index contributed by atoms with van der Waals surface area (Å²) in [6, 6.07) is 0. The maximum absolute atomic E-state index is 12.6. The second-order valence-electron chi connectivity index (χ2n) is 6.49. The number of hydrogen-bond acceptors (Lipinski definition) is 5. The van der Waals surface area contributed by atoms with Crippen LogP contribution in [-0.2, 0) is 19.1 Å². The second-order valence-corrected chi connectivity index (χ2v) is 6.49. The van der Waals surface area contributed by atoms with Gasteiger partial charge in [-0.2, -0.15) is 0 Å². The van der Waals surface area contributed by atoms with E-state index in [1.807, 2.05) is 20.8 Å². The van der Waals surface area contributed by atoms with Gasteiger partial charge in [0.15, 0.2) is 5.54 Å². The standard InChI is InChI=1S/C14H24N2O5/c1-4-21-9-7-14(15,12(9,2)3)10(17)16-13(11(18)19)5-6-20-8-13/h9H,4-8,15H2,1-3H3,(H,16,17)(H,18,19). The fourth-order valence-electron chi connectivity index (χ4n) is 3.04. The van der Waals surface area contributed by atoms with Crippen molar-refractivity contribution in [3.63, 3.8) is 0 Å². The monoisotopic (exact) mass is 300 g/mol. The molecule has 2 aliphatic rings. The number of hydrogen-bond donors (Lipinski definition) is 3. The SMILES string of the molecule is CCOC1CC(N)(C(=O)NC2(C(=O)O)CCOC2)C1(C)C. The van der Waals surface area contributed by atoms with Crippen LogP contribution in [0.3, 0.4) is 0 Å². The summed E-state index contributed by atoms with van der Waals surface area (Å²) in [6.07, 6.45) is 0.536. The predicted molar refractivity (Wildman–Crippen MR) is 74.7 cm³/mol. The molecule has 1 aliphatic heterocycles. The number of nitrogens with one attached hydrogen (secondary N) is 1. The Hall–Kier alpha value is -1.18. The summed E-state index contributed by atoms with van der Waals surface area (Å²) in [4.78, 5) is 24.0. The zero-order valence-corrected chi connectivity index (χ0v) is 12.8. The number of nitrogens with two attached hydrogens (primary N) is 1. The number of carboxylic acid groups (broad SMARTS) is 1. The van der Waals surface area contributed by atoms with Gasteiger partial charge in [-0.15, -0.1) is 0 Å². The van der Waals surface area contributed by atoms with Crippen LogP contribution in [0, 0.1) is 5.41 Å². The Morgan fingerprint density at radius 2 is 2.14 bits per heavy atom. The van der Waals surface area contributed by atoms with Gasteiger partial charge < -0.3 is 25.6 Å². The van der Waals surface area contributed by atoms with E-state index in [0.29, 0.717) is 19.6 Å². The van der Waals surface area contributed by atoms with Gasteiger partial charge in [-0.3, -0.25) is 4.79 Å². The number of amides is 1. The average molecular weight is 300 g/mol. The molecule has 0 aromatic carbocycles. The summed E-state index contributed by atoms with van der Waals surface area (Å²) in [7, 11) is 0. The summed E-state index contributed by atoms with van der Waals surface area (Å²) in [5.41, 5.74) is 3.21. The first-order valence-electron chi connectivity index (χ1n) is 7.24. The van der Waals surface area contributed by atoms with Gasteiger partial charge in [-0.1, -0.05) is 13.8 Å². The molecule has 0 radical (unpaired) electrons. The van der Waals surface area contributed by atoms with E-state index in [9.17, 15) is 14.7 Å². The summed E-state index contributed by atoms with van der Waals surface area (Å²) in [6.45, 7) is 6.47. The highest BCUT2D eigenvalue weighted by Crippen LogP contribution is 2.50. The third-order valence-corrected chi connectivity index (χ3v) is 5.02. The molecule has 2 fully saturated rings. The molecule has 0 aromatic rings. The number of carbonyl (C=O) groups is 2. The number of rotatable bonds is 5. The topological polar surface area (TPSA) is 111 Å². The molecule has 21 heavy (non-hydrogen) atoms. The van der Waals surface area contributed by atoms with Crippen LogP contribution in [0.2, 0.25) is 0 Å². The van der Waals surface area contributed by atoms with Crippen molar-refractivity contribution in [2.24, 2.45) is 11.1 Å². The van der Waals surface area contributed by atoms with Gasteiger partial charge in [0.25, 0.3) is 0 Å². The number of carboxylic acids is 1. The van der Waals surface area contributed by atoms with Crippen LogP contribution in [0.25, 0.3) is 0 Å². The van der Waals surface area contributed by atoms with Crippen molar-refractivity contribution in [1.82, 2.24) is 5.32 Å². The second kappa shape index (κ2) is 5.23. The van der Waals surface area contributed by atoms with E-state index < -0.39 is 28.4 Å². The lowest BCUT2D eigenvalue weighted by molar-refractivity contribution is -0.174. The van der Waals surface area contributed by atoms with Crippen molar-refractivity contribution in [3.8, 4) is 0 Å². The minimum Gasteiger partial charge on any atom is -0.479 e. The van der Waals surface area contributed by atoms with Crippen molar-refractivity contribution < 1.29 is 24.2 Å². The molecule has 7 heteroatoms. The summed E-state index contributed by atoms with van der Waals surface area (Å²) < 4.78 is 10.7. The molecule has 1 amide bonds. The van der Waals surface area contributed by atoms with Gasteiger partial charge in [0.1, 0.15) is 5.54 Å². The van der Waals surface area contributed by atoms with Gasteiger partial charge in [0.2, 0.25) is 5.91 Å². The number of carbonyl (C=O) groups excluding carboxylic acids is 1. The predicted octanol–water partition coefficient (Wildman–Crippen LogP) is -0.121. The fourth-order valence-corrected chi connectivity index (χ4v) is 3.04. The van der Waals surface area contributed by atoms with Crippen molar-refractivity contribution in [3.05, 3.63) is 0 Å². The van der Waals surface area contributed by atoms with E-state index in [2.05, 4.69) is 5.32 Å². The molecule has 2 rings (SSSR count). The Morgan fingerprint density at radius 3 is 2.57 bits per heavy atom. The molecule has 0 spiro atoms. The Labute approximate surface area is 124 Å². The highest BCUT2D eigenvalue weighted by atomic mass is 16.5. The third-order valence-electron chi connectivity index (χ3n) is 5.02. The quantitative estimate of drug-likeness (QED) is 0.653. The Kier molecular flexibility index (Phi) is 4.03. The van der Waals surface area contributed by atoms with Crippen LogP contribution in [0.1, 0.15) is 33.6 Å². The maximum Gasteiger partial charge on any atom is 0.331 e. The van der Waals surface area contributed by atoms with Crippen LogP contribution < -0.4 is 11.1 Å². The van der Waals surface area contributed by atoms with Gasteiger partial charge in [-0.05, 0) is 6.92 Å². The first-order valence-corrected chi connectivity index (χ1v) is 7.24. The smallest absolute Gasteiger partial charge is 0.331 e. The highest BCUT2D eigenvalue weighted by Gasteiger charge is 2.64. The molecule has 4 N–H and O–H groups in total. The van der Waals surface area contributed by atoms with Crippen molar-refractivity contribution in [2.75, 3.05) is 19.8 Å². The van der Waals surface area contributed by atoms with E-state index in [1.54, 1.807) is 0 Å². The Morgan fingerprint density at radius 1 is 1.48 bits per heavy atom. The minimum absolute atomic E-state index is 0.0283. The summed E-state index contributed by atoms with van der Waals surface area (Å²) in [5, 5.41) is 12.0. The van der Waals surface area contributed by atoms with Gasteiger partial charge in [0.05, 0.1) is 12.7 Å². The van der Waals surface area contributed by atoms with Gasteiger partial charge in [-0.25, -0.2) is 4.79 Å². The zero-order chi connectivity index (χ0) is 15.9. The van der Waals surface area contributed by atoms with Crippen molar-refractivity contribution >= 4 is 11.9 Å². The summed E-state index contributed by atoms with van der Waals surface area (Å²) >= 11 is 0. The first kappa shape index (κ1) is 16.2. The lowest BCUT2D eigenvalue weighted by Crippen LogP contribution is -2.77. The lowest BCUT2D eigenvalue weighted by Gasteiger charge is -2.58. The molecule has 120 valence electrons. The van der Waals surface area contributed by atoms with Crippen LogP contribution in [0.5, 0.6) is 0 Å². The Bertz CT molecular complexity index is 445. The van der Waals surface area contributed by atoms with E-state index in [1.165, 1.54) is 0 Å². The molecule has 0 bridgehead atoms. The van der Waals surface area contributed by atoms with Crippen molar-refractivity contribution in [2.45, 2.75) is 50.8 Å². The van der Waals surface area contributed by atoms with E-state index in [0.717, 1.165) is 0 Å². The van der Waals surface area contributed by atoms with E-state index in [4.69, 9.17) is 15.2 Å². The Balaban J connectivity index is 2.12. The third kappa shape index (κ3) is 2.33. The average Bonchev–Trinajstić information content (AvgIpc) is 2.88. The van der Waals surface area contributed by atoms with Crippen molar-refractivity contribution in [1.29, 1.82) is 0 Å². The molecular weight excluding hydrogens is 276 g/mol. The number of aliphatic carboxylic acids is 1. The molecule has 1 saturated carbocycles. The molecule has 3 unspecified atom stereocenters. The lowest BCUT2D eigenvalue weighted by atomic mass is 9.54. The van der Waals surface area contributed by atoms with Crippen LogP contribution >= 0.6 is 0 Å². The first-order chi connectivity index (χ1) is 9.69. The maximum atomic E-state index is 12.6. The van der Waals surface area contributed by atoms with E-state index >= 15 is 0 Å². The molecule has 1 heterocycles. The van der Waals surface area contributed by atoms with Gasteiger partial charge in [0, 0.05) is 31.5 Å². The van der Waals surface area contributed by atoms with Crippen LogP contribution in [-0.4, -0.2) is 54.0 Å². The molecular formula is C14H24N2O5. The molecule has 1 aliphatic carbocycles. The fraction of sp³-hybridized carbons (Fsp3) is 0.857. The molecule has 1 saturated heterocycles. The largest absolute Gasteiger partial charge is 0.479 e. The normalized spacial score (nSPS) is 37.8. The van der Waals surface area contributed by atoms with E-state index in [-0.39, 0.29) is 19.1 Å². The highest BCUT2D eigenvalue weighted by molar-refractivity contribution is 5.94.